The van der Waals surface area contributed by atoms with Gasteiger partial charge in [-0.3, -0.25) is 9.59 Å². The summed E-state index contributed by atoms with van der Waals surface area (Å²) in [6.45, 7) is 12.2. The second-order valence-electron chi connectivity index (χ2n) is 10.1. The van der Waals surface area contributed by atoms with Crippen LogP contribution in [0.2, 0.25) is 0 Å². The number of carbonyl (C=O) groups is 2. The average molecular weight is 487 g/mol. The summed E-state index contributed by atoms with van der Waals surface area (Å²) in [5.41, 5.74) is 0.843. The third-order valence-corrected chi connectivity index (χ3v) is 8.94. The van der Waals surface area contributed by atoms with Gasteiger partial charge in [-0.2, -0.15) is 0 Å². The molecule has 2 atom stereocenters. The molecule has 0 aliphatic heterocycles. The van der Waals surface area contributed by atoms with E-state index in [2.05, 4.69) is 20.8 Å². The third-order valence-electron chi connectivity index (χ3n) is 6.04. The summed E-state index contributed by atoms with van der Waals surface area (Å²) < 4.78 is 25.6. The monoisotopic (exact) mass is 486 g/mol. The summed E-state index contributed by atoms with van der Waals surface area (Å²) in [7, 11) is -1.19. The number of hydrogen-bond donors (Lipinski definition) is 0. The number of ether oxygens (including phenoxy) is 2. The number of aryl methyl sites for hydroxylation is 2. The maximum absolute atomic E-state index is 14.8. The van der Waals surface area contributed by atoms with Crippen LogP contribution in [0.4, 0.5) is 0 Å². The molecule has 186 valence electrons. The smallest absolute Gasteiger partial charge is 0.236 e. The molecule has 0 fully saturated rings. The number of benzene rings is 2. The molecule has 0 saturated carbocycles. The molecule has 0 aliphatic carbocycles. The first kappa shape index (κ1) is 27.9. The van der Waals surface area contributed by atoms with Gasteiger partial charge in [-0.15, -0.1) is 0 Å². The molecule has 2 unspecified atom stereocenters. The average Bonchev–Trinajstić information content (AvgIpc) is 2.80. The normalized spacial score (nSPS) is 14.2. The highest BCUT2D eigenvalue weighted by atomic mass is 31.2. The zero-order valence-electron chi connectivity index (χ0n) is 21.9. The van der Waals surface area contributed by atoms with Gasteiger partial charge in [0.1, 0.15) is 17.1 Å². The third kappa shape index (κ3) is 5.99. The highest BCUT2D eigenvalue weighted by Crippen LogP contribution is 2.57. The molecule has 0 heterocycles. The molecule has 6 heteroatoms. The summed E-state index contributed by atoms with van der Waals surface area (Å²) >= 11 is 0. The van der Waals surface area contributed by atoms with Gasteiger partial charge >= 0.3 is 0 Å². The summed E-state index contributed by atoms with van der Waals surface area (Å²) in [6, 6.07) is 10.6. The Morgan fingerprint density at radius 1 is 0.853 bits per heavy atom. The fourth-order valence-corrected chi connectivity index (χ4v) is 7.50. The van der Waals surface area contributed by atoms with Crippen molar-refractivity contribution < 1.29 is 23.6 Å². The molecule has 2 rings (SSSR count). The summed E-state index contributed by atoms with van der Waals surface area (Å²) in [4.78, 5) is 28.3. The van der Waals surface area contributed by atoms with Crippen LogP contribution in [0.25, 0.3) is 0 Å². The zero-order valence-corrected chi connectivity index (χ0v) is 22.8. The van der Waals surface area contributed by atoms with Crippen molar-refractivity contribution in [3.05, 3.63) is 58.7 Å². The van der Waals surface area contributed by atoms with Crippen molar-refractivity contribution in [3.8, 4) is 11.5 Å². The summed E-state index contributed by atoms with van der Waals surface area (Å²) in [6.07, 6.45) is 1.96. The molecule has 0 N–H and O–H groups in total. The van der Waals surface area contributed by atoms with E-state index >= 15 is 0 Å². The topological polar surface area (TPSA) is 69.7 Å². The van der Waals surface area contributed by atoms with Gasteiger partial charge in [0.05, 0.1) is 14.2 Å². The van der Waals surface area contributed by atoms with Crippen molar-refractivity contribution in [3.63, 3.8) is 0 Å². The lowest BCUT2D eigenvalue weighted by Gasteiger charge is -2.27. The van der Waals surface area contributed by atoms with Crippen molar-refractivity contribution in [2.75, 3.05) is 20.4 Å². The zero-order chi connectivity index (χ0) is 25.7. The van der Waals surface area contributed by atoms with Crippen LogP contribution in [0.15, 0.2) is 36.4 Å². The highest BCUT2D eigenvalue weighted by Gasteiger charge is 2.45. The first-order valence-electron chi connectivity index (χ1n) is 11.9. The Balaban J connectivity index is 2.77. The summed E-state index contributed by atoms with van der Waals surface area (Å²) in [5, 5.41) is 0. The molecule has 0 amide bonds. The number of rotatable bonds is 11. The lowest BCUT2D eigenvalue weighted by molar-refractivity contribution is 0.103. The van der Waals surface area contributed by atoms with Gasteiger partial charge < -0.3 is 14.0 Å². The Hall–Kier alpha value is -2.39. The van der Waals surface area contributed by atoms with E-state index in [-0.39, 0.29) is 34.6 Å². The number of carbonyl (C=O) groups excluding carboxylic acids is 2. The Morgan fingerprint density at radius 2 is 1.29 bits per heavy atom. The molecule has 0 bridgehead atoms. The van der Waals surface area contributed by atoms with Crippen molar-refractivity contribution >= 4 is 18.2 Å². The standard InChI is InChI=1S/C28H39O5P/c1-9-20-13-11-14-21(10-2)24(20)26(29)34(31,18-19(3)17-28(4,5)6)27(30)25-22(32-7)15-12-16-23(25)33-8/h11-16,19H,9-10,17-18H2,1-8H3. The molecule has 0 saturated heterocycles. The minimum atomic E-state index is -4.09. The Labute approximate surface area is 204 Å². The number of methoxy groups -OCH3 is 2. The van der Waals surface area contributed by atoms with Gasteiger partial charge in [0, 0.05) is 11.7 Å². The van der Waals surface area contributed by atoms with Crippen LogP contribution in [0, 0.1) is 11.3 Å². The molecule has 0 aromatic heterocycles. The molecule has 0 radical (unpaired) electrons. The maximum Gasteiger partial charge on any atom is 0.236 e. The molecule has 34 heavy (non-hydrogen) atoms. The van der Waals surface area contributed by atoms with Crippen LogP contribution in [-0.2, 0) is 17.4 Å². The minimum Gasteiger partial charge on any atom is -0.496 e. The molecule has 2 aromatic carbocycles. The van der Waals surface area contributed by atoms with Crippen molar-refractivity contribution in [1.29, 1.82) is 0 Å². The maximum atomic E-state index is 14.8. The first-order valence-corrected chi connectivity index (χ1v) is 13.8. The molecule has 0 spiro atoms. The van der Waals surface area contributed by atoms with Crippen molar-refractivity contribution in [1.82, 2.24) is 0 Å². The van der Waals surface area contributed by atoms with E-state index in [0.717, 1.165) is 17.5 Å². The van der Waals surface area contributed by atoms with E-state index in [4.69, 9.17) is 9.47 Å². The van der Waals surface area contributed by atoms with E-state index in [0.29, 0.717) is 18.4 Å². The van der Waals surface area contributed by atoms with Gasteiger partial charge in [-0.25, -0.2) is 0 Å². The highest BCUT2D eigenvalue weighted by molar-refractivity contribution is 7.95. The van der Waals surface area contributed by atoms with Crippen LogP contribution < -0.4 is 9.47 Å². The van der Waals surface area contributed by atoms with E-state index < -0.39 is 18.2 Å². The largest absolute Gasteiger partial charge is 0.496 e. The lowest BCUT2D eigenvalue weighted by Crippen LogP contribution is -2.22. The van der Waals surface area contributed by atoms with Crippen LogP contribution >= 0.6 is 7.14 Å². The van der Waals surface area contributed by atoms with E-state index in [1.165, 1.54) is 14.2 Å². The quantitative estimate of drug-likeness (QED) is 0.313. The van der Waals surface area contributed by atoms with Crippen LogP contribution in [0.1, 0.15) is 79.8 Å². The molecule has 2 aromatic rings. The van der Waals surface area contributed by atoms with Crippen LogP contribution in [-0.4, -0.2) is 31.4 Å². The predicted molar refractivity (Wildman–Crippen MR) is 139 cm³/mol. The SMILES string of the molecule is CCc1cccc(CC)c1C(=O)P(=O)(CC(C)CC(C)(C)C)C(=O)c1c(OC)cccc1OC. The Bertz CT molecular complexity index is 965. The first-order chi connectivity index (χ1) is 15.9. The van der Waals surface area contributed by atoms with Gasteiger partial charge in [-0.05, 0) is 53.9 Å². The van der Waals surface area contributed by atoms with E-state index in [1.807, 2.05) is 39.0 Å². The lowest BCUT2D eigenvalue weighted by atomic mass is 9.86. The Morgan fingerprint density at radius 3 is 1.71 bits per heavy atom. The summed E-state index contributed by atoms with van der Waals surface area (Å²) in [5.74, 6) is 0.402. The molecular formula is C28H39O5P. The second-order valence-corrected chi connectivity index (χ2v) is 12.8. The Kier molecular flexibility index (Phi) is 9.30. The fourth-order valence-electron chi connectivity index (χ4n) is 4.75. The van der Waals surface area contributed by atoms with Crippen molar-refractivity contribution in [2.24, 2.45) is 11.3 Å². The fraction of sp³-hybridized carbons (Fsp3) is 0.500. The van der Waals surface area contributed by atoms with E-state index in [9.17, 15) is 14.2 Å². The van der Waals surface area contributed by atoms with Gasteiger partial charge in [0.2, 0.25) is 18.2 Å². The van der Waals surface area contributed by atoms with Gasteiger partial charge in [0.25, 0.3) is 0 Å². The second kappa shape index (κ2) is 11.4. The molecular weight excluding hydrogens is 447 g/mol. The minimum absolute atomic E-state index is 0.00431. The number of hydrogen-bond acceptors (Lipinski definition) is 5. The van der Waals surface area contributed by atoms with E-state index in [1.54, 1.807) is 18.2 Å². The van der Waals surface area contributed by atoms with Crippen LogP contribution in [0.3, 0.4) is 0 Å². The van der Waals surface area contributed by atoms with Gasteiger partial charge in [0.15, 0.2) is 0 Å². The molecule has 0 aliphatic rings. The molecule has 5 nitrogen and oxygen atoms in total. The van der Waals surface area contributed by atoms with Crippen LogP contribution in [0.5, 0.6) is 11.5 Å². The van der Waals surface area contributed by atoms with Crippen molar-refractivity contribution in [2.45, 2.75) is 60.8 Å². The van der Waals surface area contributed by atoms with Gasteiger partial charge in [-0.1, -0.05) is 65.8 Å². The predicted octanol–water partition coefficient (Wildman–Crippen LogP) is 7.24.